The van der Waals surface area contributed by atoms with Gasteiger partial charge in [0.1, 0.15) is 5.82 Å². The molecule has 0 spiro atoms. The Hall–Kier alpha value is -3.57. The number of nitrogens with two attached hydrogens (primary N) is 1. The van der Waals surface area contributed by atoms with E-state index < -0.39 is 23.3 Å². The molecule has 1 saturated heterocycles. The molecule has 2 aromatic carbocycles. The minimum Gasteiger partial charge on any atom is -0.465 e. The Kier molecular flexibility index (Phi) is 9.46. The Bertz CT molecular complexity index is 1120. The van der Waals surface area contributed by atoms with Gasteiger partial charge in [0.15, 0.2) is 0 Å². The molecular formula is C26H28F3N3O2. The molecule has 3 aromatic rings. The highest BCUT2D eigenvalue weighted by Crippen LogP contribution is 2.34. The minimum atomic E-state index is -4.61. The molecule has 2 heterocycles. The van der Waals surface area contributed by atoms with Gasteiger partial charge in [0.25, 0.3) is 0 Å². The zero-order valence-corrected chi connectivity index (χ0v) is 19.2. The molecule has 8 heteroatoms. The fourth-order valence-electron chi connectivity index (χ4n) is 3.72. The van der Waals surface area contributed by atoms with Crippen molar-refractivity contribution in [2.45, 2.75) is 32.0 Å². The number of alkyl halides is 3. The van der Waals surface area contributed by atoms with E-state index in [0.29, 0.717) is 13.1 Å². The van der Waals surface area contributed by atoms with Gasteiger partial charge in [-0.25, -0.2) is 9.78 Å². The van der Waals surface area contributed by atoms with Gasteiger partial charge in [-0.05, 0) is 42.2 Å². The van der Waals surface area contributed by atoms with Gasteiger partial charge in [0, 0.05) is 25.3 Å². The number of nitrogens with zero attached hydrogens (tertiary/aromatic N) is 2. The molecule has 1 aliphatic rings. The van der Waals surface area contributed by atoms with Crippen molar-refractivity contribution in [3.05, 3.63) is 71.4 Å². The van der Waals surface area contributed by atoms with Crippen LogP contribution in [0.25, 0.3) is 10.8 Å². The van der Waals surface area contributed by atoms with Crippen LogP contribution in [0, 0.1) is 12.8 Å². The fraction of sp³-hybridized carbons (Fsp3) is 0.308. The summed E-state index contributed by atoms with van der Waals surface area (Å²) in [6.45, 7) is 3.38. The Balaban J connectivity index is 0.000000237. The largest absolute Gasteiger partial charge is 0.465 e. The van der Waals surface area contributed by atoms with Crippen LogP contribution in [0.4, 0.5) is 19.0 Å². The number of pyridine rings is 1. The Morgan fingerprint density at radius 2 is 1.74 bits per heavy atom. The summed E-state index contributed by atoms with van der Waals surface area (Å²) in [6.07, 6.45) is 6.19. The van der Waals surface area contributed by atoms with Crippen molar-refractivity contribution in [1.82, 2.24) is 4.98 Å². The third-order valence-electron chi connectivity index (χ3n) is 5.34. The van der Waals surface area contributed by atoms with Gasteiger partial charge in [0.05, 0.1) is 18.2 Å². The van der Waals surface area contributed by atoms with Crippen molar-refractivity contribution in [1.29, 1.82) is 0 Å². The van der Waals surface area contributed by atoms with Crippen molar-refractivity contribution in [2.75, 3.05) is 25.1 Å². The third-order valence-corrected chi connectivity index (χ3v) is 5.34. The number of hydrogen-bond acceptors (Lipinski definition) is 5. The lowest BCUT2D eigenvalue weighted by atomic mass is 10.0. The van der Waals surface area contributed by atoms with Crippen LogP contribution in [-0.4, -0.2) is 31.2 Å². The number of methoxy groups -OCH3 is 1. The monoisotopic (exact) mass is 471 g/mol. The quantitative estimate of drug-likeness (QED) is 0.398. The zero-order valence-electron chi connectivity index (χ0n) is 19.2. The van der Waals surface area contributed by atoms with E-state index in [4.69, 9.17) is 5.73 Å². The number of carbonyl (C=O) groups excluding carboxylic acids is 1. The summed E-state index contributed by atoms with van der Waals surface area (Å²) in [4.78, 5) is 17.0. The lowest BCUT2D eigenvalue weighted by molar-refractivity contribution is -0.138. The van der Waals surface area contributed by atoms with Crippen LogP contribution in [-0.2, 0) is 10.9 Å². The first-order valence-electron chi connectivity index (χ1n) is 10.7. The summed E-state index contributed by atoms with van der Waals surface area (Å²) >= 11 is 0. The maximum absolute atomic E-state index is 13.0. The molecule has 1 aromatic heterocycles. The standard InChI is InChI=1S/C12H13F3N2O2.C12H13N.C2H2/c1-19-11(18)8-7-16-10(17-4-2-3-5-17)6-9(8)12(13,14)15;1-9(13)11-8-4-6-10-5-2-3-7-12(10)11;1-2/h6-7H,2-5H2,1H3;2-9H,13H2,1H3;1-2H/t;9-;/m.1./s1. The van der Waals surface area contributed by atoms with E-state index in [-0.39, 0.29) is 11.9 Å². The smallest absolute Gasteiger partial charge is 0.417 e. The van der Waals surface area contributed by atoms with Crippen LogP contribution in [0.1, 0.15) is 47.3 Å². The van der Waals surface area contributed by atoms with E-state index in [1.54, 1.807) is 4.90 Å². The molecule has 0 saturated carbocycles. The van der Waals surface area contributed by atoms with Crippen LogP contribution in [0.2, 0.25) is 0 Å². The zero-order chi connectivity index (χ0) is 25.3. The molecule has 0 amide bonds. The maximum atomic E-state index is 13.0. The average molecular weight is 472 g/mol. The van der Waals surface area contributed by atoms with E-state index in [1.165, 1.54) is 16.3 Å². The highest BCUT2D eigenvalue weighted by molar-refractivity contribution is 5.91. The minimum absolute atomic E-state index is 0.103. The van der Waals surface area contributed by atoms with Crippen LogP contribution in [0.3, 0.4) is 0 Å². The van der Waals surface area contributed by atoms with E-state index >= 15 is 0 Å². The summed E-state index contributed by atoms with van der Waals surface area (Å²) in [5.74, 6) is -0.787. The number of aromatic nitrogens is 1. The summed E-state index contributed by atoms with van der Waals surface area (Å²) < 4.78 is 43.2. The molecule has 4 rings (SSSR count). The van der Waals surface area contributed by atoms with E-state index in [9.17, 15) is 18.0 Å². The fourth-order valence-corrected chi connectivity index (χ4v) is 3.72. The molecule has 0 bridgehead atoms. The van der Waals surface area contributed by atoms with E-state index in [0.717, 1.165) is 32.2 Å². The number of anilines is 1. The Labute approximate surface area is 197 Å². The average Bonchev–Trinajstić information content (AvgIpc) is 3.39. The molecule has 1 fully saturated rings. The van der Waals surface area contributed by atoms with Gasteiger partial charge in [0.2, 0.25) is 0 Å². The molecule has 180 valence electrons. The molecule has 34 heavy (non-hydrogen) atoms. The summed E-state index contributed by atoms with van der Waals surface area (Å²) in [5.41, 5.74) is 5.54. The van der Waals surface area contributed by atoms with Gasteiger partial charge in [-0.2, -0.15) is 13.2 Å². The predicted octanol–water partition coefficient (Wildman–Crippen LogP) is 5.60. The van der Waals surface area contributed by atoms with Gasteiger partial charge < -0.3 is 15.4 Å². The summed E-state index contributed by atoms with van der Waals surface area (Å²) in [5, 5.41) is 2.53. The third kappa shape index (κ3) is 6.49. The van der Waals surface area contributed by atoms with Crippen LogP contribution >= 0.6 is 0 Å². The van der Waals surface area contributed by atoms with Gasteiger partial charge >= 0.3 is 12.1 Å². The van der Waals surface area contributed by atoms with Gasteiger partial charge in [-0.3, -0.25) is 0 Å². The second-order valence-electron chi connectivity index (χ2n) is 7.63. The number of benzene rings is 2. The van der Waals surface area contributed by atoms with Crippen molar-refractivity contribution >= 4 is 22.6 Å². The summed E-state index contributed by atoms with van der Waals surface area (Å²) in [7, 11) is 1.04. The summed E-state index contributed by atoms with van der Waals surface area (Å²) in [6, 6.07) is 15.6. The molecule has 0 unspecified atom stereocenters. The van der Waals surface area contributed by atoms with E-state index in [2.05, 4.69) is 52.9 Å². The van der Waals surface area contributed by atoms with Crippen LogP contribution < -0.4 is 10.6 Å². The SMILES string of the molecule is C#C.COC(=O)c1cnc(N2CCCC2)cc1C(F)(F)F.C[C@@H](N)c1cccc2ccccc12. The molecule has 0 aliphatic carbocycles. The number of fused-ring (bicyclic) bond motifs is 1. The number of ether oxygens (including phenoxy) is 1. The normalized spacial score (nSPS) is 13.8. The van der Waals surface area contributed by atoms with Crippen LogP contribution in [0.15, 0.2) is 54.7 Å². The molecule has 5 nitrogen and oxygen atoms in total. The number of carbonyl (C=O) groups is 1. The second-order valence-corrected chi connectivity index (χ2v) is 7.63. The number of esters is 1. The Morgan fingerprint density at radius 1 is 1.12 bits per heavy atom. The molecule has 0 radical (unpaired) electrons. The van der Waals surface area contributed by atoms with Crippen LogP contribution in [0.5, 0.6) is 0 Å². The lowest BCUT2D eigenvalue weighted by Crippen LogP contribution is -2.22. The number of terminal acetylenes is 1. The number of rotatable bonds is 3. The van der Waals surface area contributed by atoms with E-state index in [1.807, 2.05) is 19.1 Å². The topological polar surface area (TPSA) is 68.5 Å². The first-order chi connectivity index (χ1) is 16.2. The highest BCUT2D eigenvalue weighted by Gasteiger charge is 2.37. The number of halogens is 3. The first-order valence-corrected chi connectivity index (χ1v) is 10.7. The maximum Gasteiger partial charge on any atom is 0.417 e. The molecule has 1 atom stereocenters. The van der Waals surface area contributed by atoms with Crippen molar-refractivity contribution in [3.63, 3.8) is 0 Å². The number of hydrogen-bond donors (Lipinski definition) is 1. The first kappa shape index (κ1) is 26.7. The Morgan fingerprint density at radius 3 is 2.32 bits per heavy atom. The molecule has 2 N–H and O–H groups in total. The van der Waals surface area contributed by atoms with Crippen molar-refractivity contribution in [2.24, 2.45) is 5.73 Å². The van der Waals surface area contributed by atoms with Gasteiger partial charge in [-0.1, -0.05) is 42.5 Å². The lowest BCUT2D eigenvalue weighted by Gasteiger charge is -2.19. The molecular weight excluding hydrogens is 443 g/mol. The molecule has 1 aliphatic heterocycles. The predicted molar refractivity (Wildman–Crippen MR) is 128 cm³/mol. The van der Waals surface area contributed by atoms with Crippen molar-refractivity contribution in [3.8, 4) is 12.8 Å². The second kappa shape index (κ2) is 12.1. The van der Waals surface area contributed by atoms with Gasteiger partial charge in [-0.15, -0.1) is 12.8 Å². The van der Waals surface area contributed by atoms with Crippen molar-refractivity contribution < 1.29 is 22.7 Å². The highest BCUT2D eigenvalue weighted by atomic mass is 19.4.